The number of ether oxygens (including phenoxy) is 1. The Balaban J connectivity index is 1.67. The number of methoxy groups -OCH3 is 1. The molecule has 3 aromatic heterocycles. The smallest absolute Gasteiger partial charge is 0.263 e. The molecule has 0 atom stereocenters. The van der Waals surface area contributed by atoms with Crippen molar-refractivity contribution in [3.8, 4) is 22.7 Å². The summed E-state index contributed by atoms with van der Waals surface area (Å²) in [5, 5.41) is 4.32. The van der Waals surface area contributed by atoms with Crippen molar-refractivity contribution in [1.82, 2.24) is 14.7 Å². The van der Waals surface area contributed by atoms with Crippen molar-refractivity contribution in [2.24, 2.45) is 0 Å². The summed E-state index contributed by atoms with van der Waals surface area (Å²) in [6, 6.07) is 14.0. The Morgan fingerprint density at radius 1 is 1.08 bits per heavy atom. The fraction of sp³-hybridized carbons (Fsp3) is 0.0417. The number of rotatable bonds is 6. The maximum absolute atomic E-state index is 14.5. The van der Waals surface area contributed by atoms with Crippen LogP contribution in [0.25, 0.3) is 27.8 Å². The molecule has 0 saturated heterocycles. The van der Waals surface area contributed by atoms with Gasteiger partial charge in [-0.2, -0.15) is 0 Å². The van der Waals surface area contributed by atoms with Crippen molar-refractivity contribution in [3.63, 3.8) is 0 Å². The minimum atomic E-state index is -3.98. The van der Waals surface area contributed by atoms with E-state index < -0.39 is 21.4 Å². The first kappa shape index (κ1) is 23.5. The molecule has 182 valence electrons. The van der Waals surface area contributed by atoms with Gasteiger partial charge in [-0.3, -0.25) is 19.1 Å². The number of nitrogens with one attached hydrogen (secondary N) is 1. The molecule has 2 aromatic carbocycles. The van der Waals surface area contributed by atoms with E-state index in [2.05, 4.69) is 19.4 Å². The summed E-state index contributed by atoms with van der Waals surface area (Å²) in [5.74, 6) is -0.259. The second kappa shape index (κ2) is 9.10. The first-order valence-electron chi connectivity index (χ1n) is 10.4. The highest BCUT2D eigenvalue weighted by Crippen LogP contribution is 2.31. The Morgan fingerprint density at radius 2 is 1.92 bits per heavy atom. The second-order valence-corrected chi connectivity index (χ2v) is 9.70. The summed E-state index contributed by atoms with van der Waals surface area (Å²) in [4.78, 5) is 17.2. The SMILES string of the molecule is COc1cnc(-c2cc(Cl)ccc2F)cc1-n1c(=O)ccc2cc(S(=O)(=O)Nc3ccon3)ccc21. The monoisotopic (exact) mass is 526 g/mol. The molecule has 5 rings (SSSR count). The normalized spacial score (nSPS) is 11.5. The molecular weight excluding hydrogens is 511 g/mol. The van der Waals surface area contributed by atoms with Gasteiger partial charge in [-0.1, -0.05) is 16.8 Å². The number of nitrogens with zero attached hydrogens (tertiary/aromatic N) is 3. The average Bonchev–Trinajstić information content (AvgIpc) is 3.37. The van der Waals surface area contributed by atoms with Crippen molar-refractivity contribution >= 4 is 38.3 Å². The van der Waals surface area contributed by atoms with E-state index in [-0.39, 0.29) is 33.4 Å². The highest BCUT2D eigenvalue weighted by Gasteiger charge is 2.19. The second-order valence-electron chi connectivity index (χ2n) is 7.58. The van der Waals surface area contributed by atoms with Crippen molar-refractivity contribution in [2.75, 3.05) is 11.8 Å². The lowest BCUT2D eigenvalue weighted by molar-refractivity contribution is 0.411. The molecule has 12 heteroatoms. The maximum Gasteiger partial charge on any atom is 0.263 e. The number of halogens is 2. The molecule has 0 unspecified atom stereocenters. The van der Waals surface area contributed by atoms with Crippen molar-refractivity contribution in [3.05, 3.63) is 94.3 Å². The first-order valence-corrected chi connectivity index (χ1v) is 12.2. The van der Waals surface area contributed by atoms with Gasteiger partial charge in [0.05, 0.1) is 35.1 Å². The van der Waals surface area contributed by atoms with Crippen LogP contribution in [-0.4, -0.2) is 30.2 Å². The Bertz CT molecular complexity index is 1770. The van der Waals surface area contributed by atoms with Gasteiger partial charge < -0.3 is 9.26 Å². The molecule has 3 heterocycles. The van der Waals surface area contributed by atoms with Crippen LogP contribution in [0.15, 0.2) is 87.3 Å². The minimum absolute atomic E-state index is 0.0300. The van der Waals surface area contributed by atoms with E-state index in [0.29, 0.717) is 15.9 Å². The van der Waals surface area contributed by atoms with E-state index in [1.165, 1.54) is 84.8 Å². The lowest BCUT2D eigenvalue weighted by Crippen LogP contribution is -2.19. The van der Waals surface area contributed by atoms with Crippen LogP contribution >= 0.6 is 11.6 Å². The molecule has 0 aliphatic rings. The van der Waals surface area contributed by atoms with Gasteiger partial charge in [-0.05, 0) is 48.5 Å². The van der Waals surface area contributed by atoms with Crippen LogP contribution in [0.2, 0.25) is 5.02 Å². The zero-order valence-corrected chi connectivity index (χ0v) is 20.0. The van der Waals surface area contributed by atoms with Gasteiger partial charge in [0.25, 0.3) is 15.6 Å². The molecule has 0 fully saturated rings. The molecule has 0 aliphatic carbocycles. The Kier molecular flexibility index (Phi) is 5.94. The molecule has 0 bridgehead atoms. The van der Waals surface area contributed by atoms with Crippen LogP contribution in [0.1, 0.15) is 0 Å². The third-order valence-electron chi connectivity index (χ3n) is 5.36. The van der Waals surface area contributed by atoms with Crippen LogP contribution in [0.5, 0.6) is 5.75 Å². The lowest BCUT2D eigenvalue weighted by atomic mass is 10.1. The van der Waals surface area contributed by atoms with Crippen LogP contribution in [0, 0.1) is 5.82 Å². The number of benzene rings is 2. The number of sulfonamides is 1. The number of pyridine rings is 2. The Labute approximate surface area is 208 Å². The summed E-state index contributed by atoms with van der Waals surface area (Å²) < 4.78 is 53.8. The van der Waals surface area contributed by atoms with Crippen molar-refractivity contribution in [2.45, 2.75) is 4.90 Å². The van der Waals surface area contributed by atoms with Gasteiger partial charge >= 0.3 is 0 Å². The van der Waals surface area contributed by atoms with E-state index in [4.69, 9.17) is 16.3 Å². The zero-order chi connectivity index (χ0) is 25.4. The topological polar surface area (TPSA) is 116 Å². The van der Waals surface area contributed by atoms with Crippen LogP contribution < -0.4 is 15.0 Å². The molecule has 0 radical (unpaired) electrons. The van der Waals surface area contributed by atoms with Gasteiger partial charge in [0.2, 0.25) is 0 Å². The van der Waals surface area contributed by atoms with Crippen molar-refractivity contribution < 1.29 is 22.1 Å². The lowest BCUT2D eigenvalue weighted by Gasteiger charge is -2.16. The van der Waals surface area contributed by atoms with Gasteiger partial charge in [0.15, 0.2) is 11.6 Å². The molecule has 36 heavy (non-hydrogen) atoms. The van der Waals surface area contributed by atoms with E-state index in [9.17, 15) is 17.6 Å². The summed E-state index contributed by atoms with van der Waals surface area (Å²) in [6.07, 6.45) is 2.61. The average molecular weight is 527 g/mol. The molecule has 0 aliphatic heterocycles. The first-order chi connectivity index (χ1) is 17.3. The van der Waals surface area contributed by atoms with E-state index >= 15 is 0 Å². The molecule has 0 amide bonds. The fourth-order valence-corrected chi connectivity index (χ4v) is 4.91. The molecule has 0 saturated carbocycles. The number of fused-ring (bicyclic) bond motifs is 1. The number of aromatic nitrogens is 3. The van der Waals surface area contributed by atoms with E-state index in [0.717, 1.165) is 0 Å². The maximum atomic E-state index is 14.5. The summed E-state index contributed by atoms with van der Waals surface area (Å²) in [5.41, 5.74) is 0.636. The summed E-state index contributed by atoms with van der Waals surface area (Å²) >= 11 is 6.04. The molecule has 5 aromatic rings. The molecule has 0 spiro atoms. The van der Waals surface area contributed by atoms with Gasteiger partial charge in [0, 0.05) is 28.1 Å². The molecule has 1 N–H and O–H groups in total. The van der Waals surface area contributed by atoms with Crippen LogP contribution in [0.3, 0.4) is 0 Å². The predicted octanol–water partition coefficient (Wildman–Crippen LogP) is 4.64. The van der Waals surface area contributed by atoms with E-state index in [1.54, 1.807) is 0 Å². The molecular formula is C24H16ClFN4O5S. The van der Waals surface area contributed by atoms with E-state index in [1.807, 2.05) is 0 Å². The number of hydrogen-bond donors (Lipinski definition) is 1. The largest absolute Gasteiger partial charge is 0.493 e. The predicted molar refractivity (Wildman–Crippen MR) is 132 cm³/mol. The zero-order valence-electron chi connectivity index (χ0n) is 18.5. The standard InChI is InChI=1S/C24H16ClFN4O5S/c1-34-22-13-27-19(17-11-15(25)3-5-18(17)26)12-21(22)30-20-6-4-16(10-14(20)2-7-24(30)31)36(32,33)29-23-8-9-35-28-23/h2-13H,1H3,(H,28,29). The summed E-state index contributed by atoms with van der Waals surface area (Å²) in [7, 11) is -2.56. The Hall–Kier alpha value is -4.22. The van der Waals surface area contributed by atoms with Gasteiger partial charge in [-0.25, -0.2) is 12.8 Å². The molecule has 9 nitrogen and oxygen atoms in total. The van der Waals surface area contributed by atoms with Gasteiger partial charge in [0.1, 0.15) is 12.1 Å². The van der Waals surface area contributed by atoms with Crippen LogP contribution in [-0.2, 0) is 10.0 Å². The third kappa shape index (κ3) is 4.30. The highest BCUT2D eigenvalue weighted by atomic mass is 35.5. The minimum Gasteiger partial charge on any atom is -0.493 e. The number of hydrogen-bond acceptors (Lipinski definition) is 7. The highest BCUT2D eigenvalue weighted by molar-refractivity contribution is 7.92. The quantitative estimate of drug-likeness (QED) is 0.342. The van der Waals surface area contributed by atoms with Crippen LogP contribution in [0.4, 0.5) is 10.2 Å². The third-order valence-corrected chi connectivity index (χ3v) is 6.95. The van der Waals surface area contributed by atoms with Gasteiger partial charge in [-0.15, -0.1) is 0 Å². The summed E-state index contributed by atoms with van der Waals surface area (Å²) in [6.45, 7) is 0. The number of anilines is 1. The van der Waals surface area contributed by atoms with Crippen molar-refractivity contribution in [1.29, 1.82) is 0 Å². The fourth-order valence-electron chi connectivity index (χ4n) is 3.71. The Morgan fingerprint density at radius 3 is 2.67 bits per heavy atom.